The van der Waals surface area contributed by atoms with Gasteiger partial charge in [0.05, 0.1) is 22.4 Å². The van der Waals surface area contributed by atoms with E-state index >= 15 is 0 Å². The summed E-state index contributed by atoms with van der Waals surface area (Å²) in [6, 6.07) is 9.11. The van der Waals surface area contributed by atoms with Gasteiger partial charge in [-0.2, -0.15) is 5.26 Å². The molecule has 1 unspecified atom stereocenters. The van der Waals surface area contributed by atoms with Gasteiger partial charge >= 0.3 is 0 Å². The van der Waals surface area contributed by atoms with E-state index in [1.54, 1.807) is 24.3 Å². The lowest BCUT2D eigenvalue weighted by molar-refractivity contribution is 0.444. The van der Waals surface area contributed by atoms with Crippen molar-refractivity contribution in [2.75, 3.05) is 13.3 Å². The third-order valence-corrected chi connectivity index (χ3v) is 4.62. The van der Waals surface area contributed by atoms with Gasteiger partial charge in [0.15, 0.2) is 9.84 Å². The fraction of sp³-hybridized carbons (Fsp3) is 0.462. The first-order valence-corrected chi connectivity index (χ1v) is 7.71. The van der Waals surface area contributed by atoms with Gasteiger partial charge in [0.1, 0.15) is 0 Å². The Morgan fingerprint density at radius 3 is 2.22 bits per heavy atom. The number of rotatable bonds is 4. The van der Waals surface area contributed by atoms with Crippen LogP contribution in [0.25, 0.3) is 0 Å². The van der Waals surface area contributed by atoms with Crippen LogP contribution in [-0.4, -0.2) is 21.7 Å². The Kier molecular flexibility index (Phi) is 3.18. The van der Waals surface area contributed by atoms with Gasteiger partial charge in [0.25, 0.3) is 0 Å². The van der Waals surface area contributed by atoms with Crippen molar-refractivity contribution in [2.24, 2.45) is 5.41 Å². The minimum atomic E-state index is -3.16. The van der Waals surface area contributed by atoms with Crippen molar-refractivity contribution in [3.8, 4) is 6.07 Å². The molecule has 1 atom stereocenters. The Balaban J connectivity index is 2.32. The molecular weight excluding hydrogens is 248 g/mol. The Morgan fingerprint density at radius 1 is 1.33 bits per heavy atom. The average Bonchev–Trinajstić information content (AvgIpc) is 3.11. The van der Waals surface area contributed by atoms with Gasteiger partial charge in [0.2, 0.25) is 0 Å². The average molecular weight is 264 g/mol. The molecule has 1 N–H and O–H groups in total. The molecule has 0 heterocycles. The van der Waals surface area contributed by atoms with E-state index in [1.165, 1.54) is 6.26 Å². The number of nitrogens with one attached hydrogen (secondary N) is 1. The van der Waals surface area contributed by atoms with Gasteiger partial charge in [-0.3, -0.25) is 0 Å². The zero-order valence-electron chi connectivity index (χ0n) is 10.5. The molecule has 0 amide bonds. The summed E-state index contributed by atoms with van der Waals surface area (Å²) in [5.41, 5.74) is 0.644. The van der Waals surface area contributed by atoms with E-state index in [0.717, 1.165) is 18.4 Å². The molecule has 0 saturated heterocycles. The Bertz CT molecular complexity index is 580. The quantitative estimate of drug-likeness (QED) is 0.897. The molecule has 4 nitrogen and oxygen atoms in total. The minimum absolute atomic E-state index is 0.0314. The van der Waals surface area contributed by atoms with Gasteiger partial charge in [0, 0.05) is 6.26 Å². The van der Waals surface area contributed by atoms with E-state index in [1.807, 2.05) is 7.05 Å². The molecule has 1 aromatic carbocycles. The summed E-state index contributed by atoms with van der Waals surface area (Å²) in [5.74, 6) is 0. The molecular formula is C13H16N2O2S. The number of sulfone groups is 1. The summed E-state index contributed by atoms with van der Waals surface area (Å²) in [4.78, 5) is 0.308. The van der Waals surface area contributed by atoms with Gasteiger partial charge in [-0.05, 0) is 37.6 Å². The van der Waals surface area contributed by atoms with Crippen molar-refractivity contribution < 1.29 is 8.42 Å². The smallest absolute Gasteiger partial charge is 0.175 e. The van der Waals surface area contributed by atoms with Gasteiger partial charge < -0.3 is 5.32 Å². The summed E-state index contributed by atoms with van der Waals surface area (Å²) in [7, 11) is -1.34. The van der Waals surface area contributed by atoms with Crippen LogP contribution in [0.3, 0.4) is 0 Å². The van der Waals surface area contributed by atoms with E-state index in [4.69, 9.17) is 0 Å². The largest absolute Gasteiger partial charge is 0.312 e. The summed E-state index contributed by atoms with van der Waals surface area (Å²) in [6.07, 6.45) is 2.97. The van der Waals surface area contributed by atoms with Gasteiger partial charge in [-0.25, -0.2) is 8.42 Å². The Morgan fingerprint density at radius 2 is 1.89 bits per heavy atom. The maximum Gasteiger partial charge on any atom is 0.175 e. The highest BCUT2D eigenvalue weighted by atomic mass is 32.2. The number of nitrogens with zero attached hydrogens (tertiary/aromatic N) is 1. The topological polar surface area (TPSA) is 70.0 Å². The molecule has 18 heavy (non-hydrogen) atoms. The van der Waals surface area contributed by atoms with E-state index in [0.29, 0.717) is 4.90 Å². The zero-order valence-corrected chi connectivity index (χ0v) is 11.3. The molecule has 1 aromatic rings. The lowest BCUT2D eigenvalue weighted by Gasteiger charge is -2.21. The van der Waals surface area contributed by atoms with Crippen LogP contribution in [0.2, 0.25) is 0 Å². The van der Waals surface area contributed by atoms with Crippen LogP contribution in [0.4, 0.5) is 0 Å². The molecule has 5 heteroatoms. The highest BCUT2D eigenvalue weighted by molar-refractivity contribution is 7.90. The maximum atomic E-state index is 11.4. The lowest BCUT2D eigenvalue weighted by atomic mass is 9.91. The minimum Gasteiger partial charge on any atom is -0.312 e. The maximum absolute atomic E-state index is 11.4. The second-order valence-electron chi connectivity index (χ2n) is 4.83. The number of nitriles is 1. The molecule has 0 aliphatic heterocycles. The van der Waals surface area contributed by atoms with Crippen molar-refractivity contribution in [3.05, 3.63) is 29.8 Å². The van der Waals surface area contributed by atoms with Crippen LogP contribution in [0.1, 0.15) is 24.4 Å². The summed E-state index contributed by atoms with van der Waals surface area (Å²) in [6.45, 7) is 0. The van der Waals surface area contributed by atoms with Crippen LogP contribution < -0.4 is 5.32 Å². The van der Waals surface area contributed by atoms with Crippen LogP contribution >= 0.6 is 0 Å². The summed E-state index contributed by atoms with van der Waals surface area (Å²) >= 11 is 0. The van der Waals surface area contributed by atoms with Crippen molar-refractivity contribution in [1.82, 2.24) is 5.32 Å². The van der Waals surface area contributed by atoms with Crippen LogP contribution in [0, 0.1) is 16.7 Å². The molecule has 2 rings (SSSR count). The van der Waals surface area contributed by atoms with Gasteiger partial charge in [-0.1, -0.05) is 12.1 Å². The predicted molar refractivity (Wildman–Crippen MR) is 68.6 cm³/mol. The summed E-state index contributed by atoms with van der Waals surface area (Å²) in [5, 5.41) is 12.4. The normalized spacial score (nSPS) is 18.9. The summed E-state index contributed by atoms with van der Waals surface area (Å²) < 4.78 is 22.8. The highest BCUT2D eigenvalue weighted by Gasteiger charge is 2.50. The van der Waals surface area contributed by atoms with Gasteiger partial charge in [-0.15, -0.1) is 0 Å². The fourth-order valence-corrected chi connectivity index (χ4v) is 2.90. The van der Waals surface area contributed by atoms with Crippen molar-refractivity contribution >= 4 is 9.84 Å². The van der Waals surface area contributed by atoms with Crippen molar-refractivity contribution in [3.63, 3.8) is 0 Å². The van der Waals surface area contributed by atoms with Crippen molar-refractivity contribution in [1.29, 1.82) is 5.26 Å². The lowest BCUT2D eigenvalue weighted by Crippen LogP contribution is -2.25. The molecule has 1 fully saturated rings. The number of hydrogen-bond donors (Lipinski definition) is 1. The van der Waals surface area contributed by atoms with E-state index in [9.17, 15) is 13.7 Å². The first-order valence-electron chi connectivity index (χ1n) is 5.81. The molecule has 1 aliphatic carbocycles. The molecule has 96 valence electrons. The van der Waals surface area contributed by atoms with Crippen LogP contribution in [-0.2, 0) is 9.84 Å². The third-order valence-electron chi connectivity index (χ3n) is 3.49. The standard InChI is InChI=1S/C13H16N2O2S/c1-15-12(13(9-14)7-8-13)10-3-5-11(6-4-10)18(2,16)17/h3-6,12,15H,7-8H2,1-2H3. The monoisotopic (exact) mass is 264 g/mol. The van der Waals surface area contributed by atoms with Crippen LogP contribution in [0.5, 0.6) is 0 Å². The zero-order chi connectivity index (χ0) is 13.4. The molecule has 0 aromatic heterocycles. The van der Waals surface area contributed by atoms with Crippen molar-refractivity contribution in [2.45, 2.75) is 23.8 Å². The number of benzene rings is 1. The van der Waals surface area contributed by atoms with Crippen LogP contribution in [0.15, 0.2) is 29.2 Å². The second kappa shape index (κ2) is 4.38. The Labute approximate surface area is 108 Å². The second-order valence-corrected chi connectivity index (χ2v) is 6.85. The Hall–Kier alpha value is -1.38. The molecule has 1 saturated carbocycles. The predicted octanol–water partition coefficient (Wildman–Crippen LogP) is 1.65. The molecule has 0 spiro atoms. The van der Waals surface area contributed by atoms with E-state index in [-0.39, 0.29) is 11.5 Å². The first kappa shape index (κ1) is 13.1. The molecule has 0 radical (unpaired) electrons. The highest BCUT2D eigenvalue weighted by Crippen LogP contribution is 2.54. The van der Waals surface area contributed by atoms with E-state index in [2.05, 4.69) is 11.4 Å². The first-order chi connectivity index (χ1) is 8.43. The number of hydrogen-bond acceptors (Lipinski definition) is 4. The van der Waals surface area contributed by atoms with E-state index < -0.39 is 9.84 Å². The molecule has 0 bridgehead atoms. The SMILES string of the molecule is CNC(c1ccc(S(C)(=O)=O)cc1)C1(C#N)CC1. The third kappa shape index (κ3) is 2.26. The fourth-order valence-electron chi connectivity index (χ4n) is 2.27. The molecule has 1 aliphatic rings.